The summed E-state index contributed by atoms with van der Waals surface area (Å²) in [6.07, 6.45) is -1.77. The summed E-state index contributed by atoms with van der Waals surface area (Å²) in [6.45, 7) is 5.53. The van der Waals surface area contributed by atoms with Gasteiger partial charge in [-0.25, -0.2) is 0 Å². The number of carbonyl (C=O) groups is 1. The molecule has 2 aromatic carbocycles. The molecular formula is C20H27NO3. The monoisotopic (exact) mass is 329 g/mol. The number of benzene rings is 2. The van der Waals surface area contributed by atoms with Crippen molar-refractivity contribution in [2.45, 2.75) is 32.6 Å². The molecule has 3 rings (SSSR count). The van der Waals surface area contributed by atoms with Gasteiger partial charge in [0, 0.05) is 14.5 Å². The van der Waals surface area contributed by atoms with Gasteiger partial charge < -0.3 is 14.7 Å². The summed E-state index contributed by atoms with van der Waals surface area (Å²) in [6, 6.07) is 19.0. The van der Waals surface area contributed by atoms with E-state index in [4.69, 9.17) is 4.74 Å². The van der Waals surface area contributed by atoms with Crippen molar-refractivity contribution in [3.05, 3.63) is 71.8 Å². The van der Waals surface area contributed by atoms with Crippen LogP contribution in [-0.4, -0.2) is 35.2 Å². The fraction of sp³-hybridized carbons (Fsp3) is 0.350. The van der Waals surface area contributed by atoms with E-state index in [9.17, 15) is 9.90 Å². The number of hydrogen-bond donors (Lipinski definition) is 1. The molecule has 1 fully saturated rings. The molecule has 2 aromatic rings. The van der Waals surface area contributed by atoms with E-state index in [1.165, 1.54) is 0 Å². The van der Waals surface area contributed by atoms with E-state index in [2.05, 4.69) is 0 Å². The summed E-state index contributed by atoms with van der Waals surface area (Å²) < 4.78 is 5.53. The van der Waals surface area contributed by atoms with Crippen LogP contribution in [0.25, 0.3) is 0 Å². The lowest BCUT2D eigenvalue weighted by atomic mass is 10.0. The second-order valence-electron chi connectivity index (χ2n) is 5.39. The first-order valence-corrected chi connectivity index (χ1v) is 8.43. The number of rotatable bonds is 4. The van der Waals surface area contributed by atoms with E-state index in [1.54, 1.807) is 17.0 Å². The topological polar surface area (TPSA) is 49.8 Å². The van der Waals surface area contributed by atoms with Gasteiger partial charge in [-0.15, -0.1) is 0 Å². The summed E-state index contributed by atoms with van der Waals surface area (Å²) >= 11 is 0. The number of morpholine rings is 1. The van der Waals surface area contributed by atoms with Gasteiger partial charge in [0.2, 0.25) is 0 Å². The summed E-state index contributed by atoms with van der Waals surface area (Å²) in [4.78, 5) is 14.3. The molecule has 0 saturated carbocycles. The average molecular weight is 329 g/mol. The highest BCUT2D eigenvalue weighted by Gasteiger charge is 2.35. The fourth-order valence-corrected chi connectivity index (χ4v) is 2.66. The Bertz CT molecular complexity index is 621. The SMILES string of the molecule is CC.O=C1[C@H]([C@H](O)c2ccccc2)OCCN1Cc1ccccc1.[HH]. The molecule has 1 aliphatic heterocycles. The normalized spacial score (nSPS) is 18.5. The van der Waals surface area contributed by atoms with E-state index < -0.39 is 12.2 Å². The smallest absolute Gasteiger partial charge is 0.255 e. The Kier molecular flexibility index (Phi) is 6.97. The molecule has 2 atom stereocenters. The van der Waals surface area contributed by atoms with Crippen LogP contribution >= 0.6 is 0 Å². The van der Waals surface area contributed by atoms with Crippen molar-refractivity contribution in [3.63, 3.8) is 0 Å². The molecule has 0 bridgehead atoms. The third-order valence-corrected chi connectivity index (χ3v) is 3.86. The Morgan fingerprint density at radius 2 is 1.71 bits per heavy atom. The van der Waals surface area contributed by atoms with Gasteiger partial charge in [0.15, 0.2) is 6.10 Å². The summed E-state index contributed by atoms with van der Waals surface area (Å²) in [5, 5.41) is 10.4. The van der Waals surface area contributed by atoms with Gasteiger partial charge in [-0.3, -0.25) is 4.79 Å². The highest BCUT2D eigenvalue weighted by Crippen LogP contribution is 2.24. The highest BCUT2D eigenvalue weighted by atomic mass is 16.5. The third-order valence-electron chi connectivity index (χ3n) is 3.86. The number of amides is 1. The van der Waals surface area contributed by atoms with Crippen LogP contribution in [0.4, 0.5) is 0 Å². The lowest BCUT2D eigenvalue weighted by Crippen LogP contribution is -2.49. The van der Waals surface area contributed by atoms with Crippen molar-refractivity contribution in [2.75, 3.05) is 13.2 Å². The van der Waals surface area contributed by atoms with E-state index in [0.717, 1.165) is 5.56 Å². The Morgan fingerprint density at radius 3 is 2.33 bits per heavy atom. The first kappa shape index (κ1) is 18.2. The minimum absolute atomic E-state index is 0. The van der Waals surface area contributed by atoms with Crippen molar-refractivity contribution in [3.8, 4) is 0 Å². The lowest BCUT2D eigenvalue weighted by Gasteiger charge is -2.34. The number of ether oxygens (including phenoxy) is 1. The molecule has 1 aliphatic rings. The number of nitrogens with zero attached hydrogens (tertiary/aromatic N) is 1. The summed E-state index contributed by atoms with van der Waals surface area (Å²) in [5.74, 6) is -0.161. The zero-order chi connectivity index (χ0) is 17.4. The van der Waals surface area contributed by atoms with Crippen molar-refractivity contribution >= 4 is 5.91 Å². The van der Waals surface area contributed by atoms with Gasteiger partial charge in [-0.1, -0.05) is 74.5 Å². The molecule has 4 heteroatoms. The molecule has 1 amide bonds. The Morgan fingerprint density at radius 1 is 1.12 bits per heavy atom. The van der Waals surface area contributed by atoms with Crippen LogP contribution in [0.15, 0.2) is 60.7 Å². The van der Waals surface area contributed by atoms with Crippen LogP contribution in [0, 0.1) is 0 Å². The maximum Gasteiger partial charge on any atom is 0.255 e. The van der Waals surface area contributed by atoms with Crippen LogP contribution < -0.4 is 0 Å². The molecular weight excluding hydrogens is 302 g/mol. The van der Waals surface area contributed by atoms with Gasteiger partial charge >= 0.3 is 0 Å². The number of hydrogen-bond acceptors (Lipinski definition) is 3. The number of carbonyl (C=O) groups excluding carboxylic acids is 1. The van der Waals surface area contributed by atoms with Gasteiger partial charge in [0.25, 0.3) is 5.91 Å². The van der Waals surface area contributed by atoms with Gasteiger partial charge in [-0.05, 0) is 11.1 Å². The van der Waals surface area contributed by atoms with Crippen LogP contribution in [0.1, 0.15) is 32.5 Å². The molecule has 24 heavy (non-hydrogen) atoms. The Labute approximate surface area is 145 Å². The standard InChI is InChI=1S/C18H19NO3.C2H6.H2/c20-16(15-9-5-2-6-10-15)17-18(21)19(11-12-22-17)13-14-7-3-1-4-8-14;1-2;/h1-10,16-17,20H,11-13H2;1-2H3;1H/t16-,17+;;/m1../s1. The second kappa shape index (κ2) is 9.21. The first-order chi connectivity index (χ1) is 11.8. The van der Waals surface area contributed by atoms with Crippen molar-refractivity contribution < 1.29 is 16.1 Å². The Hall–Kier alpha value is -2.17. The van der Waals surface area contributed by atoms with E-state index in [-0.39, 0.29) is 7.33 Å². The van der Waals surface area contributed by atoms with E-state index in [0.29, 0.717) is 25.3 Å². The van der Waals surface area contributed by atoms with Gasteiger partial charge in [-0.2, -0.15) is 0 Å². The van der Waals surface area contributed by atoms with Crippen LogP contribution in [0.5, 0.6) is 0 Å². The summed E-state index contributed by atoms with van der Waals surface area (Å²) in [5.41, 5.74) is 1.77. The second-order valence-corrected chi connectivity index (χ2v) is 5.39. The molecule has 0 aliphatic carbocycles. The molecule has 1 heterocycles. The quantitative estimate of drug-likeness (QED) is 0.935. The maximum atomic E-state index is 12.6. The minimum Gasteiger partial charge on any atom is -0.385 e. The predicted molar refractivity (Wildman–Crippen MR) is 96.5 cm³/mol. The molecule has 130 valence electrons. The average Bonchev–Trinajstić information content (AvgIpc) is 2.66. The molecule has 1 saturated heterocycles. The molecule has 0 spiro atoms. The number of aliphatic hydroxyl groups excluding tert-OH is 1. The van der Waals surface area contributed by atoms with Crippen molar-refractivity contribution in [1.82, 2.24) is 4.90 Å². The lowest BCUT2D eigenvalue weighted by molar-refractivity contribution is -0.164. The maximum absolute atomic E-state index is 12.6. The molecule has 0 radical (unpaired) electrons. The molecule has 0 unspecified atom stereocenters. The van der Waals surface area contributed by atoms with Crippen LogP contribution in [0.3, 0.4) is 0 Å². The van der Waals surface area contributed by atoms with Crippen LogP contribution in [-0.2, 0) is 16.1 Å². The molecule has 0 aromatic heterocycles. The largest absolute Gasteiger partial charge is 0.385 e. The fourth-order valence-electron chi connectivity index (χ4n) is 2.66. The molecule has 1 N–H and O–H groups in total. The zero-order valence-corrected chi connectivity index (χ0v) is 14.3. The van der Waals surface area contributed by atoms with Crippen molar-refractivity contribution in [1.29, 1.82) is 0 Å². The van der Waals surface area contributed by atoms with Gasteiger partial charge in [0.05, 0.1) is 6.61 Å². The number of aliphatic hydroxyl groups is 1. The Balaban J connectivity index is 0.00000101. The molecule has 4 nitrogen and oxygen atoms in total. The zero-order valence-electron chi connectivity index (χ0n) is 14.3. The summed E-state index contributed by atoms with van der Waals surface area (Å²) in [7, 11) is 0. The third kappa shape index (κ3) is 4.43. The predicted octanol–water partition coefficient (Wildman–Crippen LogP) is 3.42. The van der Waals surface area contributed by atoms with E-state index in [1.807, 2.05) is 62.4 Å². The van der Waals surface area contributed by atoms with E-state index >= 15 is 0 Å². The van der Waals surface area contributed by atoms with Gasteiger partial charge in [0.1, 0.15) is 6.10 Å². The first-order valence-electron chi connectivity index (χ1n) is 8.43. The highest BCUT2D eigenvalue weighted by molar-refractivity contribution is 5.82. The van der Waals surface area contributed by atoms with Crippen molar-refractivity contribution in [2.24, 2.45) is 0 Å². The van der Waals surface area contributed by atoms with Crippen LogP contribution in [0.2, 0.25) is 0 Å². The minimum atomic E-state index is -0.938.